The normalized spacial score (nSPS) is 13.9. The molecule has 0 N–H and O–H groups in total. The fourth-order valence-corrected chi connectivity index (χ4v) is 10.1. The smallest absolute Gasteiger partial charge is 0.0541 e. The average molecular weight is 910 g/mol. The predicted molar refractivity (Wildman–Crippen MR) is 233 cm³/mol. The fourth-order valence-electron chi connectivity index (χ4n) is 10.1. The van der Waals surface area contributed by atoms with Gasteiger partial charge in [0.05, 0.1) is 11.0 Å². The Morgan fingerprint density at radius 2 is 1.14 bits per heavy atom. The topological polar surface area (TPSA) is 17.8 Å². The third-order valence-electron chi connectivity index (χ3n) is 12.8. The maximum atomic E-state index is 4.57. The molecule has 11 rings (SSSR count). The molecule has 2 aromatic heterocycles. The van der Waals surface area contributed by atoms with Crippen molar-refractivity contribution in [3.8, 4) is 61.5 Å². The summed E-state index contributed by atoms with van der Waals surface area (Å²) in [6, 6.07) is 61.9. The number of benzene rings is 7. The molecule has 7 aromatic carbocycles. The first kappa shape index (κ1) is 35.5. The van der Waals surface area contributed by atoms with E-state index in [1.807, 2.05) is 30.5 Å². The molecule has 2 heterocycles. The van der Waals surface area contributed by atoms with Crippen molar-refractivity contribution in [1.82, 2.24) is 9.55 Å². The molecule has 1 saturated carbocycles. The van der Waals surface area contributed by atoms with Crippen LogP contribution in [-0.4, -0.2) is 9.55 Å². The van der Waals surface area contributed by atoms with Gasteiger partial charge in [0.1, 0.15) is 0 Å². The molecule has 0 aliphatic heterocycles. The van der Waals surface area contributed by atoms with Crippen molar-refractivity contribution in [3.63, 3.8) is 0 Å². The van der Waals surface area contributed by atoms with Crippen molar-refractivity contribution in [1.29, 1.82) is 0 Å². The van der Waals surface area contributed by atoms with Gasteiger partial charge in [-0.15, -0.1) is 35.4 Å². The summed E-state index contributed by atoms with van der Waals surface area (Å²) in [7, 11) is 0. The molecule has 277 valence electrons. The van der Waals surface area contributed by atoms with Crippen LogP contribution in [0.15, 0.2) is 164 Å². The van der Waals surface area contributed by atoms with Crippen LogP contribution in [0.2, 0.25) is 0 Å². The first-order valence-corrected chi connectivity index (χ1v) is 20.0. The Kier molecular flexibility index (Phi) is 8.70. The molecular weight excluding hydrogens is 869 g/mol. The van der Waals surface area contributed by atoms with E-state index in [1.165, 1.54) is 120 Å². The zero-order valence-corrected chi connectivity index (χ0v) is 34.5. The first-order valence-electron chi connectivity index (χ1n) is 20.0. The molecule has 2 aliphatic carbocycles. The van der Waals surface area contributed by atoms with Gasteiger partial charge in [-0.25, -0.2) is 0 Å². The maximum absolute atomic E-state index is 4.57. The van der Waals surface area contributed by atoms with Crippen LogP contribution in [0.1, 0.15) is 47.9 Å². The molecule has 0 atom stereocenters. The minimum absolute atomic E-state index is 0. The zero-order chi connectivity index (χ0) is 37.4. The molecule has 2 nitrogen and oxygen atoms in total. The van der Waals surface area contributed by atoms with E-state index in [4.69, 9.17) is 0 Å². The molecule has 0 amide bonds. The Labute approximate surface area is 348 Å². The minimum atomic E-state index is 0. The first-order chi connectivity index (χ1) is 27.6. The van der Waals surface area contributed by atoms with E-state index in [1.54, 1.807) is 0 Å². The van der Waals surface area contributed by atoms with Gasteiger partial charge in [0.25, 0.3) is 0 Å². The third kappa shape index (κ3) is 5.67. The largest absolute Gasteiger partial charge is 0.309 e. The summed E-state index contributed by atoms with van der Waals surface area (Å²) in [5, 5.41) is 2.59. The Hall–Kier alpha value is -5.86. The van der Waals surface area contributed by atoms with Crippen LogP contribution >= 0.6 is 0 Å². The second-order valence-electron chi connectivity index (χ2n) is 15.9. The van der Waals surface area contributed by atoms with Crippen molar-refractivity contribution in [2.24, 2.45) is 0 Å². The summed E-state index contributed by atoms with van der Waals surface area (Å²) in [5.74, 6) is 0. The van der Waals surface area contributed by atoms with Crippen molar-refractivity contribution in [2.45, 2.75) is 44.9 Å². The van der Waals surface area contributed by atoms with Crippen LogP contribution in [0.4, 0.5) is 0 Å². The van der Waals surface area contributed by atoms with Crippen molar-refractivity contribution in [2.75, 3.05) is 0 Å². The van der Waals surface area contributed by atoms with Crippen LogP contribution < -0.4 is 0 Å². The van der Waals surface area contributed by atoms with Gasteiger partial charge in [0.2, 0.25) is 0 Å². The summed E-state index contributed by atoms with van der Waals surface area (Å²) in [5.41, 5.74) is 21.7. The van der Waals surface area contributed by atoms with Crippen molar-refractivity contribution < 1.29 is 20.1 Å². The van der Waals surface area contributed by atoms with Gasteiger partial charge in [-0.2, -0.15) is 0 Å². The number of aromatic nitrogens is 2. The van der Waals surface area contributed by atoms with Gasteiger partial charge >= 0.3 is 0 Å². The van der Waals surface area contributed by atoms with Gasteiger partial charge in [-0.05, 0) is 142 Å². The SMILES string of the molecule is Cc1cc(-n2c3ccccc3c3ccccc32)ccc1-c1ccc2c(c1)C1(CCCC1)c1cc(-c3cc(-c4cc[c-]c(-c5ccccn5)c4)ccc3C)ccc1-2.[Ir]. The van der Waals surface area contributed by atoms with Crippen molar-refractivity contribution >= 4 is 21.8 Å². The van der Waals surface area contributed by atoms with Crippen molar-refractivity contribution in [3.05, 3.63) is 192 Å². The number of hydrogen-bond donors (Lipinski definition) is 0. The van der Waals surface area contributed by atoms with Crippen LogP contribution in [0.3, 0.4) is 0 Å². The molecule has 1 radical (unpaired) electrons. The zero-order valence-electron chi connectivity index (χ0n) is 32.1. The summed E-state index contributed by atoms with van der Waals surface area (Å²) in [6.07, 6.45) is 6.76. The molecule has 9 aromatic rings. The number of hydrogen-bond acceptors (Lipinski definition) is 1. The van der Waals surface area contributed by atoms with E-state index in [2.05, 4.69) is 163 Å². The molecule has 1 fully saturated rings. The molecule has 1 spiro atoms. The Morgan fingerprint density at radius 1 is 0.526 bits per heavy atom. The number of fused-ring (bicyclic) bond motifs is 8. The maximum Gasteiger partial charge on any atom is 0.0541 e. The number of aryl methyl sites for hydroxylation is 2. The van der Waals surface area contributed by atoms with Crippen LogP contribution in [0.5, 0.6) is 0 Å². The summed E-state index contributed by atoms with van der Waals surface area (Å²) < 4.78 is 2.42. The second-order valence-corrected chi connectivity index (χ2v) is 15.9. The molecule has 2 aliphatic rings. The molecule has 0 unspecified atom stereocenters. The van der Waals surface area contributed by atoms with Gasteiger partial charge in [0, 0.05) is 48.2 Å². The quantitative estimate of drug-likeness (QED) is 0.157. The van der Waals surface area contributed by atoms with E-state index in [-0.39, 0.29) is 25.5 Å². The standard InChI is InChI=1S/C54H41N2.Ir/c1-35-19-20-38(37-12-11-13-41(31-37)51-16-7-10-29-55-51)32-48(35)40-22-25-45-44-24-21-39(33-49(44)54(50(45)34-40)27-8-9-28-54)43-26-23-42(30-36(43)2)56-52-17-5-3-14-46(52)47-15-4-6-18-53(47)56;/h3-7,10-12,14-26,29-34H,8-9,27-28H2,1-2H3;/q-1;. The molecule has 0 bridgehead atoms. The number of para-hydroxylation sites is 2. The number of rotatable bonds is 5. The van der Waals surface area contributed by atoms with Gasteiger partial charge < -0.3 is 9.55 Å². The summed E-state index contributed by atoms with van der Waals surface area (Å²) in [6.45, 7) is 4.52. The summed E-state index contributed by atoms with van der Waals surface area (Å²) >= 11 is 0. The van der Waals surface area contributed by atoms with Gasteiger partial charge in [0.15, 0.2) is 0 Å². The fraction of sp³-hybridized carbons (Fsp3) is 0.130. The summed E-state index contributed by atoms with van der Waals surface area (Å²) in [4.78, 5) is 4.57. The van der Waals surface area contributed by atoms with E-state index < -0.39 is 0 Å². The average Bonchev–Trinajstić information content (AvgIpc) is 3.95. The predicted octanol–water partition coefficient (Wildman–Crippen LogP) is 14.1. The monoisotopic (exact) mass is 910 g/mol. The molecule has 57 heavy (non-hydrogen) atoms. The van der Waals surface area contributed by atoms with E-state index in [9.17, 15) is 0 Å². The van der Waals surface area contributed by atoms with E-state index in [0.29, 0.717) is 0 Å². The minimum Gasteiger partial charge on any atom is -0.309 e. The van der Waals surface area contributed by atoms with E-state index in [0.717, 1.165) is 11.3 Å². The Bertz CT molecular complexity index is 2950. The molecular formula is C54H41IrN2-. The van der Waals surface area contributed by atoms with Crippen LogP contribution in [0.25, 0.3) is 83.3 Å². The van der Waals surface area contributed by atoms with Crippen LogP contribution in [-0.2, 0) is 25.5 Å². The Morgan fingerprint density at radius 3 is 1.81 bits per heavy atom. The van der Waals surface area contributed by atoms with E-state index >= 15 is 0 Å². The second kappa shape index (κ2) is 14.0. The number of nitrogens with zero attached hydrogens (tertiary/aromatic N) is 2. The Balaban J connectivity index is 0.00000396. The molecule has 3 heteroatoms. The van der Waals surface area contributed by atoms with Crippen LogP contribution in [0, 0.1) is 19.9 Å². The number of pyridine rings is 1. The van der Waals surface area contributed by atoms with Gasteiger partial charge in [-0.3, -0.25) is 0 Å². The third-order valence-corrected chi connectivity index (χ3v) is 12.8. The van der Waals surface area contributed by atoms with Gasteiger partial charge in [-0.1, -0.05) is 104 Å². The molecule has 0 saturated heterocycles.